The molecule has 1 unspecified atom stereocenters. The molecule has 0 bridgehead atoms. The minimum atomic E-state index is 0.620. The van der Waals surface area contributed by atoms with Crippen LogP contribution in [0.4, 0.5) is 0 Å². The quantitative estimate of drug-likeness (QED) is 0.555. The van der Waals surface area contributed by atoms with Crippen molar-refractivity contribution in [3.63, 3.8) is 0 Å². The molecule has 2 nitrogen and oxygen atoms in total. The maximum Gasteiger partial charge on any atom is 0.0575 e. The first-order valence-electron chi connectivity index (χ1n) is 4.10. The van der Waals surface area contributed by atoms with E-state index < -0.39 is 0 Å². The molecule has 1 aliphatic rings. The zero-order valence-corrected chi connectivity index (χ0v) is 7.13. The standard InChI is InChI=1S/C8H17NO/c1-4-9(10-3)7(2)8-5-6-8/h7-8H,4-6H2,1-3H3. The summed E-state index contributed by atoms with van der Waals surface area (Å²) in [5.74, 6) is 0.903. The molecular weight excluding hydrogens is 126 g/mol. The maximum absolute atomic E-state index is 5.20. The zero-order chi connectivity index (χ0) is 7.56. The molecule has 10 heavy (non-hydrogen) atoms. The highest BCUT2D eigenvalue weighted by molar-refractivity contribution is 4.82. The van der Waals surface area contributed by atoms with Crippen LogP contribution in [0.25, 0.3) is 0 Å². The fourth-order valence-electron chi connectivity index (χ4n) is 1.40. The van der Waals surface area contributed by atoms with Crippen LogP contribution in [-0.4, -0.2) is 24.8 Å². The van der Waals surface area contributed by atoms with E-state index in [0.29, 0.717) is 6.04 Å². The Hall–Kier alpha value is -0.0800. The molecule has 1 fully saturated rings. The Morgan fingerprint density at radius 2 is 2.20 bits per heavy atom. The van der Waals surface area contributed by atoms with Crippen molar-refractivity contribution in [1.82, 2.24) is 5.06 Å². The van der Waals surface area contributed by atoms with Gasteiger partial charge in [0.15, 0.2) is 0 Å². The second-order valence-electron chi connectivity index (χ2n) is 2.99. The largest absolute Gasteiger partial charge is 0.302 e. The van der Waals surface area contributed by atoms with E-state index in [1.165, 1.54) is 12.8 Å². The summed E-state index contributed by atoms with van der Waals surface area (Å²) in [5, 5.41) is 2.05. The Morgan fingerprint density at radius 3 is 2.50 bits per heavy atom. The molecule has 0 heterocycles. The van der Waals surface area contributed by atoms with Crippen LogP contribution >= 0.6 is 0 Å². The summed E-state index contributed by atoms with van der Waals surface area (Å²) < 4.78 is 0. The summed E-state index contributed by atoms with van der Waals surface area (Å²) in [6.45, 7) is 5.36. The molecule has 0 aromatic rings. The van der Waals surface area contributed by atoms with E-state index in [4.69, 9.17) is 4.84 Å². The van der Waals surface area contributed by atoms with Crippen molar-refractivity contribution < 1.29 is 4.84 Å². The average Bonchev–Trinajstić information content (AvgIpc) is 2.71. The van der Waals surface area contributed by atoms with Crippen molar-refractivity contribution in [3.8, 4) is 0 Å². The van der Waals surface area contributed by atoms with Gasteiger partial charge in [0.25, 0.3) is 0 Å². The maximum atomic E-state index is 5.20. The lowest BCUT2D eigenvalue weighted by molar-refractivity contribution is -0.158. The van der Waals surface area contributed by atoms with Crippen LogP contribution in [0, 0.1) is 5.92 Å². The van der Waals surface area contributed by atoms with Gasteiger partial charge in [0.2, 0.25) is 0 Å². The summed E-state index contributed by atoms with van der Waals surface area (Å²) in [7, 11) is 1.75. The summed E-state index contributed by atoms with van der Waals surface area (Å²) in [6, 6.07) is 0.620. The summed E-state index contributed by atoms with van der Waals surface area (Å²) in [4.78, 5) is 5.20. The van der Waals surface area contributed by atoms with Crippen molar-refractivity contribution in [2.45, 2.75) is 32.7 Å². The Bertz CT molecular complexity index is 97.4. The lowest BCUT2D eigenvalue weighted by atomic mass is 10.2. The van der Waals surface area contributed by atoms with Gasteiger partial charge in [-0.2, -0.15) is 5.06 Å². The number of hydrogen-bond acceptors (Lipinski definition) is 2. The Balaban J connectivity index is 2.27. The minimum absolute atomic E-state index is 0.620. The number of nitrogens with zero attached hydrogens (tertiary/aromatic N) is 1. The van der Waals surface area contributed by atoms with Gasteiger partial charge in [0.1, 0.15) is 0 Å². The second kappa shape index (κ2) is 3.35. The first-order chi connectivity index (χ1) is 4.79. The van der Waals surface area contributed by atoms with E-state index >= 15 is 0 Å². The van der Waals surface area contributed by atoms with Crippen molar-refractivity contribution >= 4 is 0 Å². The van der Waals surface area contributed by atoms with Gasteiger partial charge in [-0.1, -0.05) is 6.92 Å². The van der Waals surface area contributed by atoms with Gasteiger partial charge in [-0.3, -0.25) is 0 Å². The highest BCUT2D eigenvalue weighted by Crippen LogP contribution is 2.34. The third-order valence-corrected chi connectivity index (χ3v) is 2.30. The molecule has 1 aliphatic carbocycles. The van der Waals surface area contributed by atoms with Crippen LogP contribution < -0.4 is 0 Å². The lowest BCUT2D eigenvalue weighted by Gasteiger charge is -2.24. The van der Waals surface area contributed by atoms with Gasteiger partial charge in [0.05, 0.1) is 7.11 Å². The van der Waals surface area contributed by atoms with Crippen LogP contribution in [0.1, 0.15) is 26.7 Å². The Morgan fingerprint density at radius 1 is 1.60 bits per heavy atom. The SMILES string of the molecule is CCN(OC)C(C)C1CC1. The fourth-order valence-corrected chi connectivity index (χ4v) is 1.40. The van der Waals surface area contributed by atoms with E-state index in [0.717, 1.165) is 12.5 Å². The van der Waals surface area contributed by atoms with Gasteiger partial charge >= 0.3 is 0 Å². The van der Waals surface area contributed by atoms with Gasteiger partial charge in [-0.15, -0.1) is 0 Å². The molecule has 0 aromatic heterocycles. The van der Waals surface area contributed by atoms with Crippen LogP contribution in [-0.2, 0) is 4.84 Å². The number of hydroxylamine groups is 2. The van der Waals surface area contributed by atoms with Crippen LogP contribution in [0.5, 0.6) is 0 Å². The summed E-state index contributed by atoms with van der Waals surface area (Å²) >= 11 is 0. The zero-order valence-electron chi connectivity index (χ0n) is 7.13. The fraction of sp³-hybridized carbons (Fsp3) is 1.00. The smallest absolute Gasteiger partial charge is 0.0575 e. The van der Waals surface area contributed by atoms with Crippen LogP contribution in [0.2, 0.25) is 0 Å². The van der Waals surface area contributed by atoms with Crippen molar-refractivity contribution in [3.05, 3.63) is 0 Å². The highest BCUT2D eigenvalue weighted by Gasteiger charge is 2.31. The van der Waals surface area contributed by atoms with Gasteiger partial charge in [0, 0.05) is 12.6 Å². The molecule has 0 aliphatic heterocycles. The Kier molecular flexibility index (Phi) is 2.69. The second-order valence-corrected chi connectivity index (χ2v) is 2.99. The number of hydrogen-bond donors (Lipinski definition) is 0. The van der Waals surface area contributed by atoms with E-state index in [-0.39, 0.29) is 0 Å². The molecular formula is C8H17NO. The monoisotopic (exact) mass is 143 g/mol. The van der Waals surface area contributed by atoms with Gasteiger partial charge < -0.3 is 4.84 Å². The molecule has 0 aromatic carbocycles. The molecule has 0 spiro atoms. The Labute approximate surface area is 63.1 Å². The minimum Gasteiger partial charge on any atom is -0.302 e. The van der Waals surface area contributed by atoms with Crippen molar-refractivity contribution in [2.24, 2.45) is 5.92 Å². The van der Waals surface area contributed by atoms with E-state index in [1.54, 1.807) is 7.11 Å². The molecule has 2 heteroatoms. The third-order valence-electron chi connectivity index (χ3n) is 2.30. The molecule has 60 valence electrons. The molecule has 1 saturated carbocycles. The average molecular weight is 143 g/mol. The normalized spacial score (nSPS) is 21.6. The van der Waals surface area contributed by atoms with E-state index in [2.05, 4.69) is 18.9 Å². The summed E-state index contributed by atoms with van der Waals surface area (Å²) in [6.07, 6.45) is 2.78. The first kappa shape index (κ1) is 8.02. The topological polar surface area (TPSA) is 12.5 Å². The predicted molar refractivity (Wildman–Crippen MR) is 41.6 cm³/mol. The lowest BCUT2D eigenvalue weighted by Crippen LogP contribution is -2.33. The third kappa shape index (κ3) is 1.70. The first-order valence-corrected chi connectivity index (χ1v) is 4.10. The molecule has 1 rings (SSSR count). The van der Waals surface area contributed by atoms with Crippen molar-refractivity contribution in [1.29, 1.82) is 0 Å². The van der Waals surface area contributed by atoms with Crippen LogP contribution in [0.3, 0.4) is 0 Å². The molecule has 1 atom stereocenters. The summed E-state index contributed by atoms with van der Waals surface area (Å²) in [5.41, 5.74) is 0. The van der Waals surface area contributed by atoms with Crippen molar-refractivity contribution in [2.75, 3.05) is 13.7 Å². The van der Waals surface area contributed by atoms with E-state index in [9.17, 15) is 0 Å². The molecule has 0 saturated heterocycles. The van der Waals surface area contributed by atoms with Crippen LogP contribution in [0.15, 0.2) is 0 Å². The highest BCUT2D eigenvalue weighted by atomic mass is 16.7. The number of rotatable bonds is 4. The van der Waals surface area contributed by atoms with Gasteiger partial charge in [-0.05, 0) is 25.7 Å². The van der Waals surface area contributed by atoms with E-state index in [1.807, 2.05) is 0 Å². The molecule has 0 amide bonds. The molecule has 0 radical (unpaired) electrons. The predicted octanol–water partition coefficient (Wildman–Crippen LogP) is 1.67. The van der Waals surface area contributed by atoms with Gasteiger partial charge in [-0.25, -0.2) is 0 Å². The molecule has 0 N–H and O–H groups in total.